The fourth-order valence-corrected chi connectivity index (χ4v) is 4.23. The van der Waals surface area contributed by atoms with E-state index in [0.29, 0.717) is 23.2 Å². The van der Waals surface area contributed by atoms with Gasteiger partial charge in [0, 0.05) is 22.4 Å². The third-order valence-corrected chi connectivity index (χ3v) is 5.82. The van der Waals surface area contributed by atoms with Crippen LogP contribution in [0.15, 0.2) is 84.0 Å². The fourth-order valence-electron chi connectivity index (χ4n) is 4.23. The molecule has 5 rings (SSSR count). The molecular formula is C26H20N4O4. The van der Waals surface area contributed by atoms with Crippen molar-refractivity contribution in [2.75, 3.05) is 0 Å². The second-order valence-corrected chi connectivity index (χ2v) is 7.84. The SMILES string of the molecule is O=Nc1c(-c2c(O)n(Cc3ccc(/C=C/C(=O)NO)cc3)c3ccccc23)[nH]c2ccccc12. The summed E-state index contributed by atoms with van der Waals surface area (Å²) in [5, 5.41) is 24.7. The Morgan fingerprint density at radius 3 is 2.44 bits per heavy atom. The van der Waals surface area contributed by atoms with E-state index < -0.39 is 5.91 Å². The van der Waals surface area contributed by atoms with Crippen molar-refractivity contribution < 1.29 is 15.1 Å². The van der Waals surface area contributed by atoms with Gasteiger partial charge in [-0.15, -0.1) is 4.91 Å². The number of hydrogen-bond donors (Lipinski definition) is 4. The molecule has 0 aliphatic rings. The molecule has 0 radical (unpaired) electrons. The molecular weight excluding hydrogens is 432 g/mol. The molecule has 8 nitrogen and oxygen atoms in total. The number of aromatic amines is 1. The van der Waals surface area contributed by atoms with Gasteiger partial charge in [0.05, 0.1) is 23.3 Å². The van der Waals surface area contributed by atoms with E-state index in [9.17, 15) is 14.8 Å². The zero-order chi connectivity index (χ0) is 23.7. The Labute approximate surface area is 193 Å². The van der Waals surface area contributed by atoms with Crippen molar-refractivity contribution in [3.05, 3.63) is 94.9 Å². The van der Waals surface area contributed by atoms with Crippen LogP contribution in [0.25, 0.3) is 39.1 Å². The minimum atomic E-state index is -0.610. The molecule has 0 fully saturated rings. The summed E-state index contributed by atoms with van der Waals surface area (Å²) in [6, 6.07) is 22.5. The Hall–Kier alpha value is -4.69. The van der Waals surface area contributed by atoms with Crippen LogP contribution >= 0.6 is 0 Å². The predicted molar refractivity (Wildman–Crippen MR) is 131 cm³/mol. The molecule has 5 aromatic rings. The first kappa shape index (κ1) is 21.2. The molecule has 34 heavy (non-hydrogen) atoms. The molecule has 0 saturated carbocycles. The van der Waals surface area contributed by atoms with E-state index in [2.05, 4.69) is 10.2 Å². The molecule has 2 heterocycles. The average molecular weight is 452 g/mol. The summed E-state index contributed by atoms with van der Waals surface area (Å²) in [6.45, 7) is 0.386. The Bertz CT molecular complexity index is 1560. The fraction of sp³-hybridized carbons (Fsp3) is 0.0385. The highest BCUT2D eigenvalue weighted by atomic mass is 16.5. The molecule has 0 aliphatic carbocycles. The Kier molecular flexibility index (Phi) is 5.41. The first-order valence-electron chi connectivity index (χ1n) is 10.6. The lowest BCUT2D eigenvalue weighted by molar-refractivity contribution is -0.124. The van der Waals surface area contributed by atoms with Crippen LogP contribution in [0.4, 0.5) is 5.69 Å². The number of para-hydroxylation sites is 2. The Balaban J connectivity index is 1.59. The van der Waals surface area contributed by atoms with Crippen LogP contribution in [-0.4, -0.2) is 25.8 Å². The maximum Gasteiger partial charge on any atom is 0.267 e. The summed E-state index contributed by atoms with van der Waals surface area (Å²) in [5.41, 5.74) is 6.11. The zero-order valence-electron chi connectivity index (χ0n) is 17.9. The van der Waals surface area contributed by atoms with Gasteiger partial charge in [-0.05, 0) is 34.5 Å². The van der Waals surface area contributed by atoms with Crippen molar-refractivity contribution in [3.8, 4) is 17.1 Å². The number of nitrogens with zero attached hydrogens (tertiary/aromatic N) is 2. The van der Waals surface area contributed by atoms with Crippen molar-refractivity contribution in [1.82, 2.24) is 15.0 Å². The Morgan fingerprint density at radius 2 is 1.71 bits per heavy atom. The minimum Gasteiger partial charge on any atom is -0.494 e. The van der Waals surface area contributed by atoms with E-state index in [0.717, 1.165) is 27.5 Å². The second-order valence-electron chi connectivity index (χ2n) is 7.84. The number of nitroso groups, excluding NO2 is 1. The number of carbonyl (C=O) groups is 1. The summed E-state index contributed by atoms with van der Waals surface area (Å²) in [5.74, 6) is -0.581. The summed E-state index contributed by atoms with van der Waals surface area (Å²) < 4.78 is 1.79. The van der Waals surface area contributed by atoms with Crippen molar-refractivity contribution >= 4 is 39.5 Å². The van der Waals surface area contributed by atoms with Crippen LogP contribution in [0.5, 0.6) is 5.88 Å². The molecule has 2 aromatic heterocycles. The third-order valence-electron chi connectivity index (χ3n) is 5.82. The lowest BCUT2D eigenvalue weighted by atomic mass is 10.1. The summed E-state index contributed by atoms with van der Waals surface area (Å²) in [7, 11) is 0. The van der Waals surface area contributed by atoms with Crippen LogP contribution in [-0.2, 0) is 11.3 Å². The number of carbonyl (C=O) groups excluding carboxylic acids is 1. The van der Waals surface area contributed by atoms with E-state index in [1.54, 1.807) is 16.1 Å². The molecule has 0 saturated heterocycles. The van der Waals surface area contributed by atoms with Gasteiger partial charge in [0.25, 0.3) is 5.91 Å². The lowest BCUT2D eigenvalue weighted by Gasteiger charge is -2.08. The summed E-state index contributed by atoms with van der Waals surface area (Å²) >= 11 is 0. The summed E-state index contributed by atoms with van der Waals surface area (Å²) in [4.78, 5) is 26.2. The molecule has 0 atom stereocenters. The van der Waals surface area contributed by atoms with Gasteiger partial charge in [-0.1, -0.05) is 60.7 Å². The van der Waals surface area contributed by atoms with Gasteiger partial charge in [-0.3, -0.25) is 10.0 Å². The van der Waals surface area contributed by atoms with Crippen LogP contribution in [0, 0.1) is 4.91 Å². The number of aromatic hydroxyl groups is 1. The standard InChI is InChI=1S/C26H20N4O4/c31-22(28-33)14-13-16-9-11-17(12-10-16)15-30-21-8-4-2-6-19(21)23(26(30)32)25-24(29-34)18-5-1-3-7-20(18)27-25/h1-14,27,32-33H,15H2,(H,28,31)/b14-13+. The maximum absolute atomic E-state index is 11.8. The molecule has 3 aromatic carbocycles. The molecule has 0 unspecified atom stereocenters. The van der Waals surface area contributed by atoms with Crippen molar-refractivity contribution in [1.29, 1.82) is 0 Å². The third kappa shape index (κ3) is 3.62. The van der Waals surface area contributed by atoms with E-state index in [4.69, 9.17) is 5.21 Å². The number of H-pyrrole nitrogens is 1. The molecule has 0 spiro atoms. The number of aromatic nitrogens is 2. The smallest absolute Gasteiger partial charge is 0.267 e. The van der Waals surface area contributed by atoms with Gasteiger partial charge < -0.3 is 14.7 Å². The predicted octanol–water partition coefficient (Wildman–Crippen LogP) is 5.46. The van der Waals surface area contributed by atoms with Crippen molar-refractivity contribution in [3.63, 3.8) is 0 Å². The first-order valence-corrected chi connectivity index (χ1v) is 10.6. The highest BCUT2D eigenvalue weighted by molar-refractivity contribution is 6.07. The molecule has 4 N–H and O–H groups in total. The topological polar surface area (TPSA) is 120 Å². The number of hydroxylamine groups is 1. The highest BCUT2D eigenvalue weighted by Gasteiger charge is 2.23. The average Bonchev–Trinajstić information content (AvgIpc) is 3.37. The largest absolute Gasteiger partial charge is 0.494 e. The lowest BCUT2D eigenvalue weighted by Crippen LogP contribution is -2.14. The van der Waals surface area contributed by atoms with Crippen molar-refractivity contribution in [2.45, 2.75) is 6.54 Å². The van der Waals surface area contributed by atoms with Crippen LogP contribution in [0.3, 0.4) is 0 Å². The molecule has 0 bridgehead atoms. The van der Waals surface area contributed by atoms with Gasteiger partial charge >= 0.3 is 0 Å². The molecule has 0 aliphatic heterocycles. The van der Waals surface area contributed by atoms with Gasteiger partial charge in [0.15, 0.2) is 0 Å². The second kappa shape index (κ2) is 8.68. The van der Waals surface area contributed by atoms with E-state index in [-0.39, 0.29) is 11.6 Å². The molecule has 1 amide bonds. The van der Waals surface area contributed by atoms with Gasteiger partial charge in [0.2, 0.25) is 5.88 Å². The van der Waals surface area contributed by atoms with E-state index >= 15 is 0 Å². The number of hydrogen-bond acceptors (Lipinski definition) is 5. The molecule has 168 valence electrons. The highest BCUT2D eigenvalue weighted by Crippen LogP contribution is 2.45. The van der Waals surface area contributed by atoms with Crippen LogP contribution < -0.4 is 5.48 Å². The monoisotopic (exact) mass is 452 g/mol. The summed E-state index contributed by atoms with van der Waals surface area (Å²) in [6.07, 6.45) is 2.81. The van der Waals surface area contributed by atoms with Crippen LogP contribution in [0.1, 0.15) is 11.1 Å². The quantitative estimate of drug-likeness (QED) is 0.118. The number of rotatable bonds is 6. The van der Waals surface area contributed by atoms with Gasteiger partial charge in [-0.25, -0.2) is 5.48 Å². The number of fused-ring (bicyclic) bond motifs is 2. The number of benzene rings is 3. The van der Waals surface area contributed by atoms with Crippen LogP contribution in [0.2, 0.25) is 0 Å². The van der Waals surface area contributed by atoms with Gasteiger partial charge in [-0.2, -0.15) is 0 Å². The minimum absolute atomic E-state index is 0.0289. The zero-order valence-corrected chi connectivity index (χ0v) is 17.9. The molecule has 8 heteroatoms. The normalized spacial score (nSPS) is 11.4. The van der Waals surface area contributed by atoms with E-state index in [1.807, 2.05) is 72.8 Å². The first-order chi connectivity index (χ1) is 16.6. The Morgan fingerprint density at radius 1 is 1.00 bits per heavy atom. The number of amides is 1. The van der Waals surface area contributed by atoms with E-state index in [1.165, 1.54) is 6.08 Å². The van der Waals surface area contributed by atoms with Crippen molar-refractivity contribution in [2.24, 2.45) is 5.18 Å². The number of nitrogens with one attached hydrogen (secondary N) is 2. The maximum atomic E-state index is 11.8. The van der Waals surface area contributed by atoms with Gasteiger partial charge in [0.1, 0.15) is 5.69 Å².